The van der Waals surface area contributed by atoms with E-state index >= 15 is 0 Å². The average Bonchev–Trinajstić information content (AvgIpc) is 3.34. The molecule has 0 unspecified atom stereocenters. The lowest BCUT2D eigenvalue weighted by molar-refractivity contribution is 0.437. The van der Waals surface area contributed by atoms with Crippen LogP contribution in [-0.4, -0.2) is 34.3 Å². The molecule has 4 aromatic rings. The highest BCUT2D eigenvalue weighted by atomic mass is 16.1. The van der Waals surface area contributed by atoms with Crippen LogP contribution in [0.2, 0.25) is 0 Å². The van der Waals surface area contributed by atoms with Gasteiger partial charge in [0.1, 0.15) is 11.0 Å². The molecule has 8 heteroatoms. The third-order valence-electron chi connectivity index (χ3n) is 4.92. The molecular formula is C17H17N7O. The molecule has 1 aliphatic rings. The van der Waals surface area contributed by atoms with E-state index in [2.05, 4.69) is 20.2 Å². The standard InChI is InChI=1S/C17H17N7O/c25-16-12-7-9-19-24(12)15-14(20-16)13(11-5-2-1-3-6-11)21-17(22-15)23-10-4-8-18-23/h4,7-11H,1-3,5-6H2,(H,20,25). The van der Waals surface area contributed by atoms with Gasteiger partial charge in [0.15, 0.2) is 5.65 Å². The molecule has 0 radical (unpaired) electrons. The van der Waals surface area contributed by atoms with E-state index in [1.54, 1.807) is 27.7 Å². The molecule has 4 aromatic heterocycles. The third-order valence-corrected chi connectivity index (χ3v) is 4.92. The Morgan fingerprint density at radius 2 is 1.96 bits per heavy atom. The van der Waals surface area contributed by atoms with Gasteiger partial charge in [0.05, 0.1) is 11.9 Å². The van der Waals surface area contributed by atoms with E-state index in [1.165, 1.54) is 19.3 Å². The van der Waals surface area contributed by atoms with Crippen molar-refractivity contribution in [3.8, 4) is 5.95 Å². The number of aromatic amines is 1. The fourth-order valence-electron chi connectivity index (χ4n) is 3.71. The Kier molecular flexibility index (Phi) is 3.16. The molecule has 1 saturated carbocycles. The summed E-state index contributed by atoms with van der Waals surface area (Å²) in [6.45, 7) is 0. The van der Waals surface area contributed by atoms with Crippen LogP contribution in [0.3, 0.4) is 0 Å². The maximum atomic E-state index is 12.4. The highest BCUT2D eigenvalue weighted by molar-refractivity contribution is 5.77. The quantitative estimate of drug-likeness (QED) is 0.606. The van der Waals surface area contributed by atoms with Gasteiger partial charge in [-0.15, -0.1) is 0 Å². The first kappa shape index (κ1) is 14.3. The van der Waals surface area contributed by atoms with E-state index in [0.29, 0.717) is 28.5 Å². The lowest BCUT2D eigenvalue weighted by Gasteiger charge is -2.22. The SMILES string of the molecule is O=c1[nH]c2c(C3CCCCC3)nc(-n3cccn3)nc2n2nccc12. The van der Waals surface area contributed by atoms with E-state index in [4.69, 9.17) is 4.98 Å². The van der Waals surface area contributed by atoms with Crippen molar-refractivity contribution in [3.05, 3.63) is 46.8 Å². The second kappa shape index (κ2) is 5.51. The number of nitrogens with one attached hydrogen (secondary N) is 1. The number of rotatable bonds is 2. The Labute approximate surface area is 142 Å². The Bertz CT molecular complexity index is 1100. The number of hydrogen-bond acceptors (Lipinski definition) is 5. The van der Waals surface area contributed by atoms with Crippen molar-refractivity contribution in [2.24, 2.45) is 0 Å². The van der Waals surface area contributed by atoms with Crippen molar-refractivity contribution < 1.29 is 0 Å². The van der Waals surface area contributed by atoms with Crippen molar-refractivity contribution >= 4 is 16.7 Å². The van der Waals surface area contributed by atoms with Crippen LogP contribution in [-0.2, 0) is 0 Å². The summed E-state index contributed by atoms with van der Waals surface area (Å²) >= 11 is 0. The molecule has 0 atom stereocenters. The van der Waals surface area contributed by atoms with Crippen LogP contribution in [0.4, 0.5) is 0 Å². The molecule has 0 amide bonds. The lowest BCUT2D eigenvalue weighted by Crippen LogP contribution is -2.18. The first-order chi connectivity index (χ1) is 12.3. The summed E-state index contributed by atoms with van der Waals surface area (Å²) in [5.74, 6) is 0.819. The third kappa shape index (κ3) is 2.25. The van der Waals surface area contributed by atoms with E-state index in [9.17, 15) is 4.79 Å². The Morgan fingerprint density at radius 3 is 2.76 bits per heavy atom. The Balaban J connectivity index is 1.85. The van der Waals surface area contributed by atoms with Crippen molar-refractivity contribution in [1.82, 2.24) is 34.3 Å². The summed E-state index contributed by atoms with van der Waals surface area (Å²) in [7, 11) is 0. The molecule has 1 aliphatic carbocycles. The molecule has 0 aliphatic heterocycles. The summed E-state index contributed by atoms with van der Waals surface area (Å²) in [5.41, 5.74) is 2.50. The monoisotopic (exact) mass is 335 g/mol. The predicted octanol–water partition coefficient (Wildman–Crippen LogP) is 2.20. The summed E-state index contributed by atoms with van der Waals surface area (Å²) < 4.78 is 3.24. The molecule has 126 valence electrons. The van der Waals surface area contributed by atoms with Crippen LogP contribution in [0.25, 0.3) is 22.6 Å². The van der Waals surface area contributed by atoms with Gasteiger partial charge in [0.2, 0.25) is 0 Å². The molecule has 1 N–H and O–H groups in total. The smallest absolute Gasteiger partial charge is 0.274 e. The zero-order valence-corrected chi connectivity index (χ0v) is 13.6. The first-order valence-corrected chi connectivity index (χ1v) is 8.59. The molecule has 4 heterocycles. The average molecular weight is 335 g/mol. The van der Waals surface area contributed by atoms with Gasteiger partial charge in [0, 0.05) is 18.3 Å². The van der Waals surface area contributed by atoms with Crippen LogP contribution in [0.5, 0.6) is 0 Å². The highest BCUT2D eigenvalue weighted by Gasteiger charge is 2.23. The normalized spacial score (nSPS) is 16.0. The van der Waals surface area contributed by atoms with Gasteiger partial charge in [-0.2, -0.15) is 15.2 Å². The minimum atomic E-state index is -0.169. The largest absolute Gasteiger partial charge is 0.316 e. The van der Waals surface area contributed by atoms with Crippen LogP contribution in [0, 0.1) is 0 Å². The van der Waals surface area contributed by atoms with Crippen LogP contribution >= 0.6 is 0 Å². The Morgan fingerprint density at radius 1 is 1.08 bits per heavy atom. The maximum Gasteiger partial charge on any atom is 0.274 e. The van der Waals surface area contributed by atoms with Crippen LogP contribution in [0.1, 0.15) is 43.7 Å². The highest BCUT2D eigenvalue weighted by Crippen LogP contribution is 2.34. The van der Waals surface area contributed by atoms with Crippen molar-refractivity contribution in [1.29, 1.82) is 0 Å². The number of hydrogen-bond donors (Lipinski definition) is 1. The van der Waals surface area contributed by atoms with Gasteiger partial charge in [-0.25, -0.2) is 14.2 Å². The number of nitrogens with zero attached hydrogens (tertiary/aromatic N) is 6. The summed E-state index contributed by atoms with van der Waals surface area (Å²) in [5, 5.41) is 8.55. The van der Waals surface area contributed by atoms with Crippen LogP contribution in [0.15, 0.2) is 35.5 Å². The minimum Gasteiger partial charge on any atom is -0.316 e. The molecular weight excluding hydrogens is 318 g/mol. The Hall–Kier alpha value is -3.03. The molecule has 1 fully saturated rings. The molecule has 0 saturated heterocycles. The van der Waals surface area contributed by atoms with E-state index in [1.807, 2.05) is 12.3 Å². The number of fused-ring (bicyclic) bond motifs is 3. The fraction of sp³-hybridized carbons (Fsp3) is 0.353. The van der Waals surface area contributed by atoms with E-state index in [-0.39, 0.29) is 5.56 Å². The molecule has 8 nitrogen and oxygen atoms in total. The van der Waals surface area contributed by atoms with E-state index < -0.39 is 0 Å². The van der Waals surface area contributed by atoms with Gasteiger partial charge in [-0.05, 0) is 25.0 Å². The van der Waals surface area contributed by atoms with Crippen molar-refractivity contribution in [2.45, 2.75) is 38.0 Å². The summed E-state index contributed by atoms with van der Waals surface area (Å²) in [4.78, 5) is 24.8. The van der Waals surface area contributed by atoms with E-state index in [0.717, 1.165) is 18.5 Å². The van der Waals surface area contributed by atoms with Gasteiger partial charge < -0.3 is 4.98 Å². The van der Waals surface area contributed by atoms with Gasteiger partial charge in [-0.1, -0.05) is 19.3 Å². The summed E-state index contributed by atoms with van der Waals surface area (Å²) in [6, 6.07) is 3.53. The lowest BCUT2D eigenvalue weighted by atomic mass is 9.86. The molecule has 0 spiro atoms. The molecule has 25 heavy (non-hydrogen) atoms. The van der Waals surface area contributed by atoms with Crippen molar-refractivity contribution in [2.75, 3.05) is 0 Å². The summed E-state index contributed by atoms with van der Waals surface area (Å²) in [6.07, 6.45) is 10.9. The maximum absolute atomic E-state index is 12.4. The fourth-order valence-corrected chi connectivity index (χ4v) is 3.71. The van der Waals surface area contributed by atoms with Crippen molar-refractivity contribution in [3.63, 3.8) is 0 Å². The predicted molar refractivity (Wildman–Crippen MR) is 91.9 cm³/mol. The zero-order valence-electron chi connectivity index (χ0n) is 13.6. The molecule has 0 aromatic carbocycles. The molecule has 0 bridgehead atoms. The second-order valence-electron chi connectivity index (χ2n) is 6.48. The van der Waals surface area contributed by atoms with Gasteiger partial charge in [0.25, 0.3) is 11.5 Å². The minimum absolute atomic E-state index is 0.169. The van der Waals surface area contributed by atoms with Gasteiger partial charge in [-0.3, -0.25) is 4.79 Å². The number of H-pyrrole nitrogens is 1. The topological polar surface area (TPSA) is 93.8 Å². The second-order valence-corrected chi connectivity index (χ2v) is 6.48. The molecule has 5 rings (SSSR count). The van der Waals surface area contributed by atoms with Gasteiger partial charge >= 0.3 is 0 Å². The first-order valence-electron chi connectivity index (χ1n) is 8.59. The zero-order chi connectivity index (χ0) is 16.8. The number of aromatic nitrogens is 7. The van der Waals surface area contributed by atoms with Crippen LogP contribution < -0.4 is 5.56 Å².